The molecule has 0 bridgehead atoms. The van der Waals surface area contributed by atoms with E-state index in [4.69, 9.17) is 14.5 Å². The number of aryl methyl sites for hydroxylation is 1. The van der Waals surface area contributed by atoms with Crippen molar-refractivity contribution in [1.29, 1.82) is 0 Å². The molecule has 0 unspecified atom stereocenters. The Morgan fingerprint density at radius 2 is 1.61 bits per heavy atom. The molecule has 3 heterocycles. The van der Waals surface area contributed by atoms with Crippen LogP contribution in [0.4, 0.5) is 0 Å². The minimum absolute atomic E-state index is 0.0938. The number of para-hydroxylation sites is 2. The van der Waals surface area contributed by atoms with E-state index in [2.05, 4.69) is 0 Å². The normalized spacial score (nSPS) is 11.8. The van der Waals surface area contributed by atoms with E-state index in [1.807, 2.05) is 121 Å². The van der Waals surface area contributed by atoms with Crippen molar-refractivity contribution < 1.29 is 9.21 Å². The van der Waals surface area contributed by atoms with Crippen LogP contribution in [0.15, 0.2) is 108 Å². The molecule has 0 aliphatic heterocycles. The van der Waals surface area contributed by atoms with E-state index in [1.54, 1.807) is 0 Å². The van der Waals surface area contributed by atoms with Gasteiger partial charge < -0.3 is 4.42 Å². The summed E-state index contributed by atoms with van der Waals surface area (Å²) in [6.07, 6.45) is 3.81. The number of hydrogen-bond donors (Lipinski definition) is 0. The molecule has 6 heteroatoms. The number of benzene rings is 3. The van der Waals surface area contributed by atoms with Gasteiger partial charge in [-0.05, 0) is 49.4 Å². The molecule has 0 atom stereocenters. The van der Waals surface area contributed by atoms with E-state index >= 15 is 0 Å². The van der Waals surface area contributed by atoms with Crippen LogP contribution in [0.5, 0.6) is 0 Å². The monoisotopic (exact) mass is 487 g/mol. The highest BCUT2D eigenvalue weighted by molar-refractivity contribution is 7.20. The zero-order valence-corrected chi connectivity index (χ0v) is 20.3. The number of Topliss-reactive ketones (excluding diaryl/α,β-unsaturated/α-hetero) is 1. The third-order valence-electron chi connectivity index (χ3n) is 5.84. The summed E-state index contributed by atoms with van der Waals surface area (Å²) in [5.41, 5.74) is 4.33. The van der Waals surface area contributed by atoms with Crippen LogP contribution in [0.3, 0.4) is 0 Å². The summed E-state index contributed by atoms with van der Waals surface area (Å²) >= 11 is 1.51. The first-order valence-corrected chi connectivity index (χ1v) is 12.4. The molecule has 6 aromatic rings. The molecule has 5 nitrogen and oxygen atoms in total. The molecule has 0 aliphatic carbocycles. The number of allylic oxidation sites excluding steroid dienone is 1. The Kier molecular flexibility index (Phi) is 5.64. The summed E-state index contributed by atoms with van der Waals surface area (Å²) < 4.78 is 8.77. The molecule has 0 aliphatic rings. The van der Waals surface area contributed by atoms with Gasteiger partial charge in [-0.1, -0.05) is 60.7 Å². The molecule has 0 amide bonds. The van der Waals surface area contributed by atoms with E-state index in [-0.39, 0.29) is 5.78 Å². The largest absolute Gasteiger partial charge is 0.460 e. The Balaban J connectivity index is 1.56. The number of rotatable bonds is 6. The molecule has 36 heavy (non-hydrogen) atoms. The summed E-state index contributed by atoms with van der Waals surface area (Å²) in [7, 11) is 0. The highest BCUT2D eigenvalue weighted by Gasteiger charge is 2.21. The summed E-state index contributed by atoms with van der Waals surface area (Å²) in [4.78, 5) is 18.6. The molecule has 0 saturated carbocycles. The van der Waals surface area contributed by atoms with Crippen molar-refractivity contribution >= 4 is 39.0 Å². The van der Waals surface area contributed by atoms with Crippen LogP contribution in [0.1, 0.15) is 26.7 Å². The molecule has 174 valence electrons. The molecule has 0 fully saturated rings. The van der Waals surface area contributed by atoms with Gasteiger partial charge in [-0.15, -0.1) is 11.3 Å². The average molecular weight is 488 g/mol. The topological polar surface area (TPSA) is 60.9 Å². The van der Waals surface area contributed by atoms with Gasteiger partial charge in [-0.2, -0.15) is 5.10 Å². The number of hydrogen-bond acceptors (Lipinski definition) is 5. The van der Waals surface area contributed by atoms with Gasteiger partial charge in [0.05, 0.1) is 21.5 Å². The van der Waals surface area contributed by atoms with Crippen molar-refractivity contribution in [2.24, 2.45) is 0 Å². The quantitative estimate of drug-likeness (QED) is 0.181. The van der Waals surface area contributed by atoms with Gasteiger partial charge >= 0.3 is 0 Å². The third kappa shape index (κ3) is 4.19. The first kappa shape index (κ1) is 21.9. The summed E-state index contributed by atoms with van der Waals surface area (Å²) in [5, 5.41) is 5.50. The molecular weight excluding hydrogens is 466 g/mol. The Bertz CT molecular complexity index is 1680. The van der Waals surface area contributed by atoms with Crippen molar-refractivity contribution in [3.05, 3.63) is 125 Å². The number of carbonyl (C=O) groups excluding carboxylic acids is 1. The summed E-state index contributed by atoms with van der Waals surface area (Å²) in [5.74, 6) is 1.34. The maximum Gasteiger partial charge on any atom is 0.196 e. The highest BCUT2D eigenvalue weighted by Crippen LogP contribution is 2.33. The number of aromatic nitrogens is 3. The Hall–Kier alpha value is -4.55. The number of thiazole rings is 1. The minimum atomic E-state index is -0.0938. The van der Waals surface area contributed by atoms with Crippen molar-refractivity contribution in [3.8, 4) is 17.1 Å². The van der Waals surface area contributed by atoms with Gasteiger partial charge in [0.25, 0.3) is 0 Å². The zero-order valence-electron chi connectivity index (χ0n) is 19.5. The predicted molar refractivity (Wildman–Crippen MR) is 144 cm³/mol. The van der Waals surface area contributed by atoms with Crippen LogP contribution in [0.25, 0.3) is 39.0 Å². The van der Waals surface area contributed by atoms with Crippen LogP contribution in [-0.4, -0.2) is 20.5 Å². The van der Waals surface area contributed by atoms with Crippen molar-refractivity contribution in [2.75, 3.05) is 0 Å². The smallest absolute Gasteiger partial charge is 0.196 e. The molecular formula is C30H21N3O2S. The second kappa shape index (κ2) is 9.24. The molecule has 0 radical (unpaired) electrons. The maximum absolute atomic E-state index is 13.8. The molecule has 0 saturated heterocycles. The van der Waals surface area contributed by atoms with Crippen LogP contribution in [-0.2, 0) is 0 Å². The zero-order chi connectivity index (χ0) is 24.5. The van der Waals surface area contributed by atoms with Gasteiger partial charge in [-0.25, -0.2) is 9.67 Å². The van der Waals surface area contributed by atoms with Crippen LogP contribution in [0, 0.1) is 6.92 Å². The molecule has 3 aromatic heterocycles. The van der Waals surface area contributed by atoms with E-state index in [1.165, 1.54) is 11.3 Å². The molecule has 0 spiro atoms. The Labute approximate surface area is 212 Å². The standard InChI is InChI=1S/C30H21N3O2S/c1-20-16-17-26(35-20)28-22(19-33(32-28)23-12-6-3-7-13-23)18-24(29(34)21-10-4-2-5-11-21)30-31-25-14-8-9-15-27(25)36-30/h2-19H,1H3. The lowest BCUT2D eigenvalue weighted by molar-refractivity contribution is 0.105. The first-order chi connectivity index (χ1) is 17.7. The minimum Gasteiger partial charge on any atom is -0.460 e. The lowest BCUT2D eigenvalue weighted by Gasteiger charge is -2.04. The fourth-order valence-electron chi connectivity index (χ4n) is 4.07. The number of ketones is 1. The van der Waals surface area contributed by atoms with Crippen molar-refractivity contribution in [3.63, 3.8) is 0 Å². The fraction of sp³-hybridized carbons (Fsp3) is 0.0333. The van der Waals surface area contributed by atoms with Crippen LogP contribution >= 0.6 is 11.3 Å². The fourth-order valence-corrected chi connectivity index (χ4v) is 5.05. The Morgan fingerprint density at radius 1 is 0.889 bits per heavy atom. The van der Waals surface area contributed by atoms with Gasteiger partial charge in [0.15, 0.2) is 11.5 Å². The van der Waals surface area contributed by atoms with Gasteiger partial charge in [0.1, 0.15) is 16.5 Å². The number of carbonyl (C=O) groups is 1. The SMILES string of the molecule is Cc1ccc(-c2nn(-c3ccccc3)cc2C=C(C(=O)c2ccccc2)c2nc3ccccc3s2)o1. The van der Waals surface area contributed by atoms with Crippen molar-refractivity contribution in [2.45, 2.75) is 6.92 Å². The molecule has 6 rings (SSSR count). The van der Waals surface area contributed by atoms with E-state index in [0.717, 1.165) is 27.2 Å². The second-order valence-electron chi connectivity index (χ2n) is 8.36. The maximum atomic E-state index is 13.8. The van der Waals surface area contributed by atoms with Crippen molar-refractivity contribution in [1.82, 2.24) is 14.8 Å². The van der Waals surface area contributed by atoms with E-state index in [9.17, 15) is 4.79 Å². The highest BCUT2D eigenvalue weighted by atomic mass is 32.1. The summed E-state index contributed by atoms with van der Waals surface area (Å²) in [6, 6.07) is 30.9. The van der Waals surface area contributed by atoms with Crippen LogP contribution < -0.4 is 0 Å². The first-order valence-electron chi connectivity index (χ1n) is 11.5. The van der Waals surface area contributed by atoms with Crippen LogP contribution in [0.2, 0.25) is 0 Å². The average Bonchev–Trinajstić information content (AvgIpc) is 3.65. The Morgan fingerprint density at radius 3 is 2.33 bits per heavy atom. The number of nitrogens with zero attached hydrogens (tertiary/aromatic N) is 3. The summed E-state index contributed by atoms with van der Waals surface area (Å²) in [6.45, 7) is 1.90. The number of furan rings is 1. The third-order valence-corrected chi connectivity index (χ3v) is 6.91. The lowest BCUT2D eigenvalue weighted by atomic mass is 10.0. The van der Waals surface area contributed by atoms with Gasteiger partial charge in [0.2, 0.25) is 0 Å². The van der Waals surface area contributed by atoms with Gasteiger partial charge in [0, 0.05) is 17.3 Å². The molecule has 0 N–H and O–H groups in total. The lowest BCUT2D eigenvalue weighted by Crippen LogP contribution is -2.02. The van der Waals surface area contributed by atoms with E-state index in [0.29, 0.717) is 27.6 Å². The second-order valence-corrected chi connectivity index (χ2v) is 9.39. The van der Waals surface area contributed by atoms with E-state index < -0.39 is 0 Å². The molecule has 3 aromatic carbocycles. The number of fused-ring (bicyclic) bond motifs is 1. The van der Waals surface area contributed by atoms with Gasteiger partial charge in [-0.3, -0.25) is 4.79 Å². The predicted octanol–water partition coefficient (Wildman–Crippen LogP) is 7.47.